The topological polar surface area (TPSA) is 69.4 Å². The molecule has 0 atom stereocenters. The normalized spacial score (nSPS) is 13.5. The van der Waals surface area contributed by atoms with Crippen molar-refractivity contribution in [3.8, 4) is 11.5 Å². The van der Waals surface area contributed by atoms with E-state index in [9.17, 15) is 0 Å². The van der Waals surface area contributed by atoms with Gasteiger partial charge in [-0.05, 0) is 17.7 Å². The van der Waals surface area contributed by atoms with Crippen LogP contribution in [0.3, 0.4) is 0 Å². The third-order valence-corrected chi connectivity index (χ3v) is 2.87. The predicted octanol–water partition coefficient (Wildman–Crippen LogP) is 1.17. The molecule has 6 nitrogen and oxygen atoms in total. The third kappa shape index (κ3) is 3.03. The van der Waals surface area contributed by atoms with E-state index >= 15 is 0 Å². The van der Waals surface area contributed by atoms with E-state index in [1.54, 1.807) is 0 Å². The van der Waals surface area contributed by atoms with Gasteiger partial charge in [0.1, 0.15) is 13.2 Å². The number of ether oxygens (including phenoxy) is 2. The quantitative estimate of drug-likeness (QED) is 0.815. The Hall–Kier alpha value is -2.08. The molecule has 2 aromatic rings. The first-order chi connectivity index (χ1) is 9.42. The minimum atomic E-state index is 0.613. The molecule has 0 spiro atoms. The highest BCUT2D eigenvalue weighted by Gasteiger charge is 2.11. The van der Waals surface area contributed by atoms with Crippen molar-refractivity contribution in [2.75, 3.05) is 19.8 Å². The zero-order valence-electron chi connectivity index (χ0n) is 10.5. The van der Waals surface area contributed by atoms with Gasteiger partial charge in [-0.3, -0.25) is 0 Å². The minimum absolute atomic E-state index is 0.613. The van der Waals surface area contributed by atoms with Crippen LogP contribution in [0.1, 0.15) is 11.4 Å². The van der Waals surface area contributed by atoms with Crippen LogP contribution < -0.4 is 14.8 Å². The van der Waals surface area contributed by atoms with Gasteiger partial charge in [0.2, 0.25) is 6.39 Å². The largest absolute Gasteiger partial charge is 0.486 e. The van der Waals surface area contributed by atoms with E-state index in [-0.39, 0.29) is 0 Å². The van der Waals surface area contributed by atoms with Gasteiger partial charge >= 0.3 is 0 Å². The zero-order valence-corrected chi connectivity index (χ0v) is 10.5. The summed E-state index contributed by atoms with van der Waals surface area (Å²) in [6, 6.07) is 6.00. The van der Waals surface area contributed by atoms with Crippen LogP contribution in [0.25, 0.3) is 0 Å². The van der Waals surface area contributed by atoms with Crippen LogP contribution in [0.2, 0.25) is 0 Å². The summed E-state index contributed by atoms with van der Waals surface area (Å²) in [5.41, 5.74) is 1.16. The molecule has 0 fully saturated rings. The zero-order chi connectivity index (χ0) is 12.9. The van der Waals surface area contributed by atoms with E-state index in [2.05, 4.69) is 20.0 Å². The molecule has 0 radical (unpaired) electrons. The summed E-state index contributed by atoms with van der Waals surface area (Å²) in [6.07, 6.45) is 2.09. The maximum atomic E-state index is 5.54. The average Bonchev–Trinajstić information content (AvgIpc) is 2.97. The number of rotatable bonds is 5. The van der Waals surface area contributed by atoms with Gasteiger partial charge in [-0.15, -0.1) is 0 Å². The molecule has 100 valence electrons. The fraction of sp³-hybridized carbons (Fsp3) is 0.385. The first-order valence-corrected chi connectivity index (χ1v) is 6.26. The molecule has 0 unspecified atom stereocenters. The molecule has 1 aromatic heterocycles. The van der Waals surface area contributed by atoms with E-state index < -0.39 is 0 Å². The van der Waals surface area contributed by atoms with Crippen molar-refractivity contribution in [3.05, 3.63) is 36.0 Å². The van der Waals surface area contributed by atoms with Crippen molar-refractivity contribution in [2.45, 2.75) is 13.0 Å². The molecule has 0 saturated heterocycles. The summed E-state index contributed by atoms with van der Waals surface area (Å²) in [5, 5.41) is 7.08. The smallest absolute Gasteiger partial charge is 0.213 e. The first kappa shape index (κ1) is 12.0. The van der Waals surface area contributed by atoms with Crippen LogP contribution in [0, 0.1) is 0 Å². The summed E-state index contributed by atoms with van der Waals surface area (Å²) in [6.45, 7) is 2.81. The Balaban J connectivity index is 1.50. The maximum absolute atomic E-state index is 5.54. The Kier molecular flexibility index (Phi) is 3.60. The molecule has 1 aliphatic rings. The van der Waals surface area contributed by atoms with Gasteiger partial charge in [-0.25, -0.2) is 0 Å². The van der Waals surface area contributed by atoms with E-state index in [1.807, 2.05) is 18.2 Å². The van der Waals surface area contributed by atoms with E-state index in [0.29, 0.717) is 13.2 Å². The van der Waals surface area contributed by atoms with Gasteiger partial charge in [-0.1, -0.05) is 11.2 Å². The van der Waals surface area contributed by atoms with E-state index in [1.165, 1.54) is 6.39 Å². The van der Waals surface area contributed by atoms with Gasteiger partial charge in [0.25, 0.3) is 0 Å². The van der Waals surface area contributed by atoms with Crippen LogP contribution in [0.4, 0.5) is 0 Å². The monoisotopic (exact) mass is 261 g/mol. The predicted molar refractivity (Wildman–Crippen MR) is 67.1 cm³/mol. The molecule has 6 heteroatoms. The van der Waals surface area contributed by atoms with Gasteiger partial charge in [0.05, 0.1) is 0 Å². The fourth-order valence-corrected chi connectivity index (χ4v) is 1.93. The summed E-state index contributed by atoms with van der Waals surface area (Å²) >= 11 is 0. The number of hydrogen-bond acceptors (Lipinski definition) is 6. The molecule has 0 saturated carbocycles. The lowest BCUT2D eigenvalue weighted by atomic mass is 10.2. The second-order valence-electron chi connectivity index (χ2n) is 4.25. The van der Waals surface area contributed by atoms with Crippen LogP contribution in [-0.4, -0.2) is 29.9 Å². The van der Waals surface area contributed by atoms with Crippen molar-refractivity contribution in [3.63, 3.8) is 0 Å². The van der Waals surface area contributed by atoms with Crippen LogP contribution in [0.15, 0.2) is 29.1 Å². The molecule has 1 N–H and O–H groups in total. The molecule has 19 heavy (non-hydrogen) atoms. The van der Waals surface area contributed by atoms with Gasteiger partial charge in [0.15, 0.2) is 17.3 Å². The first-order valence-electron chi connectivity index (χ1n) is 6.26. The number of fused-ring (bicyclic) bond motifs is 1. The molecule has 0 bridgehead atoms. The summed E-state index contributed by atoms with van der Waals surface area (Å²) in [7, 11) is 0. The average molecular weight is 261 g/mol. The van der Waals surface area contributed by atoms with Crippen LogP contribution >= 0.6 is 0 Å². The molecule has 3 rings (SSSR count). The molecule has 2 heterocycles. The summed E-state index contributed by atoms with van der Waals surface area (Å²) in [4.78, 5) is 3.96. The lowest BCUT2D eigenvalue weighted by molar-refractivity contribution is 0.171. The Morgan fingerprint density at radius 3 is 2.89 bits per heavy atom. The van der Waals surface area contributed by atoms with Crippen molar-refractivity contribution < 1.29 is 14.0 Å². The Morgan fingerprint density at radius 1 is 1.16 bits per heavy atom. The standard InChI is InChI=1S/C13H15N3O3/c1-2-11-12(18-6-5-17-11)7-10(1)8-14-4-3-13-15-9-19-16-13/h1-2,7,9,14H,3-6,8H2. The summed E-state index contributed by atoms with van der Waals surface area (Å²) in [5.74, 6) is 2.36. The van der Waals surface area contributed by atoms with Crippen molar-refractivity contribution in [1.82, 2.24) is 15.5 Å². The van der Waals surface area contributed by atoms with Gasteiger partial charge in [0, 0.05) is 19.5 Å². The maximum Gasteiger partial charge on any atom is 0.213 e. The SMILES string of the molecule is c1nc(CCNCc2ccc3c(c2)OCCO3)no1. The molecule has 0 aliphatic carbocycles. The second kappa shape index (κ2) is 5.71. The molecule has 1 aromatic carbocycles. The highest BCUT2D eigenvalue weighted by molar-refractivity contribution is 5.43. The number of benzene rings is 1. The number of aromatic nitrogens is 2. The van der Waals surface area contributed by atoms with E-state index in [0.717, 1.165) is 42.4 Å². The lowest BCUT2D eigenvalue weighted by Gasteiger charge is -2.18. The fourth-order valence-electron chi connectivity index (χ4n) is 1.93. The molecular weight excluding hydrogens is 246 g/mol. The third-order valence-electron chi connectivity index (χ3n) is 2.87. The number of hydrogen-bond donors (Lipinski definition) is 1. The Morgan fingerprint density at radius 2 is 2.05 bits per heavy atom. The van der Waals surface area contributed by atoms with Crippen molar-refractivity contribution >= 4 is 0 Å². The molecule has 0 amide bonds. The highest BCUT2D eigenvalue weighted by Crippen LogP contribution is 2.30. The highest BCUT2D eigenvalue weighted by atomic mass is 16.6. The number of nitrogens with one attached hydrogen (secondary N) is 1. The second-order valence-corrected chi connectivity index (χ2v) is 4.25. The number of nitrogens with zero attached hydrogens (tertiary/aromatic N) is 2. The molecular formula is C13H15N3O3. The molecule has 1 aliphatic heterocycles. The van der Waals surface area contributed by atoms with Crippen LogP contribution in [0.5, 0.6) is 11.5 Å². The van der Waals surface area contributed by atoms with Crippen LogP contribution in [-0.2, 0) is 13.0 Å². The van der Waals surface area contributed by atoms with Crippen molar-refractivity contribution in [2.24, 2.45) is 0 Å². The minimum Gasteiger partial charge on any atom is -0.486 e. The van der Waals surface area contributed by atoms with E-state index in [4.69, 9.17) is 9.47 Å². The lowest BCUT2D eigenvalue weighted by Crippen LogP contribution is -2.18. The van der Waals surface area contributed by atoms with Gasteiger partial charge in [-0.2, -0.15) is 4.98 Å². The van der Waals surface area contributed by atoms with Crippen molar-refractivity contribution in [1.29, 1.82) is 0 Å². The van der Waals surface area contributed by atoms with Gasteiger partial charge < -0.3 is 19.3 Å². The Labute approximate surface area is 110 Å². The summed E-state index contributed by atoms with van der Waals surface area (Å²) < 4.78 is 15.7. The Bertz CT molecular complexity index is 528.